The molecule has 23 heavy (non-hydrogen) atoms. The third kappa shape index (κ3) is 4.49. The molecule has 1 saturated heterocycles. The summed E-state index contributed by atoms with van der Waals surface area (Å²) in [7, 11) is -3.84. The normalized spacial score (nSPS) is 18.6. The molecule has 1 aromatic heterocycles. The smallest absolute Gasteiger partial charge is 0.314 e. The van der Waals surface area contributed by atoms with Crippen molar-refractivity contribution in [2.75, 3.05) is 19.8 Å². The van der Waals surface area contributed by atoms with Gasteiger partial charge in [-0.1, -0.05) is 0 Å². The molecule has 0 bridgehead atoms. The summed E-state index contributed by atoms with van der Waals surface area (Å²) in [6.07, 6.45) is 1.89. The molecule has 0 aliphatic carbocycles. The van der Waals surface area contributed by atoms with Crippen LogP contribution in [0, 0.1) is 5.41 Å². The molecule has 0 unspecified atom stereocenters. The Morgan fingerprint density at radius 3 is 2.61 bits per heavy atom. The molecule has 0 saturated carbocycles. The number of sulfonamides is 1. The van der Waals surface area contributed by atoms with Crippen molar-refractivity contribution in [2.45, 2.75) is 44.2 Å². The van der Waals surface area contributed by atoms with Crippen molar-refractivity contribution in [3.05, 3.63) is 6.20 Å². The lowest BCUT2D eigenvalue weighted by atomic mass is 9.80. The molecule has 2 heterocycles. The molecule has 0 radical (unpaired) electrons. The molecule has 1 fully saturated rings. The number of aromatic nitrogens is 3. The maximum absolute atomic E-state index is 12.6. The lowest BCUT2D eigenvalue weighted by molar-refractivity contribution is -0.172. The highest BCUT2D eigenvalue weighted by Gasteiger charge is 2.44. The zero-order valence-corrected chi connectivity index (χ0v) is 14.3. The Hall–Kier alpha value is -1.52. The van der Waals surface area contributed by atoms with Crippen LogP contribution in [0.2, 0.25) is 0 Å². The first kappa shape index (κ1) is 17.8. The van der Waals surface area contributed by atoms with E-state index >= 15 is 0 Å². The second-order valence-electron chi connectivity index (χ2n) is 6.53. The second-order valence-corrected chi connectivity index (χ2v) is 8.24. The first-order valence-corrected chi connectivity index (χ1v) is 8.80. The summed E-state index contributed by atoms with van der Waals surface area (Å²) in [5.74, 6) is -0.420. The van der Waals surface area contributed by atoms with Gasteiger partial charge in [0.1, 0.15) is 5.60 Å². The predicted octanol–water partition coefficient (Wildman–Crippen LogP) is 0.222. The number of esters is 1. The minimum absolute atomic E-state index is 0.0690. The van der Waals surface area contributed by atoms with Crippen LogP contribution >= 0.6 is 0 Å². The van der Waals surface area contributed by atoms with Crippen LogP contribution in [0.3, 0.4) is 0 Å². The van der Waals surface area contributed by atoms with E-state index in [9.17, 15) is 13.2 Å². The van der Waals surface area contributed by atoms with Gasteiger partial charge in [0.2, 0.25) is 5.03 Å². The summed E-state index contributed by atoms with van der Waals surface area (Å²) >= 11 is 0. The van der Waals surface area contributed by atoms with E-state index in [0.29, 0.717) is 26.1 Å². The van der Waals surface area contributed by atoms with Crippen molar-refractivity contribution >= 4 is 16.0 Å². The van der Waals surface area contributed by atoms with Crippen LogP contribution in [0.5, 0.6) is 0 Å². The quantitative estimate of drug-likeness (QED) is 0.731. The Labute approximate surface area is 135 Å². The zero-order valence-electron chi connectivity index (χ0n) is 13.5. The van der Waals surface area contributed by atoms with E-state index in [0.717, 1.165) is 6.20 Å². The molecule has 1 aliphatic heterocycles. The van der Waals surface area contributed by atoms with E-state index in [1.165, 1.54) is 0 Å². The molecule has 9 nitrogen and oxygen atoms in total. The number of ether oxygens (including phenoxy) is 2. The highest BCUT2D eigenvalue weighted by Crippen LogP contribution is 2.33. The minimum atomic E-state index is -3.84. The predicted molar refractivity (Wildman–Crippen MR) is 79.9 cm³/mol. The summed E-state index contributed by atoms with van der Waals surface area (Å²) in [5.41, 5.74) is -1.59. The van der Waals surface area contributed by atoms with Gasteiger partial charge in [-0.2, -0.15) is 10.3 Å². The first-order valence-electron chi connectivity index (χ1n) is 7.31. The molecule has 2 rings (SSSR count). The van der Waals surface area contributed by atoms with Gasteiger partial charge in [0, 0.05) is 19.8 Å². The van der Waals surface area contributed by atoms with Crippen molar-refractivity contribution in [3.63, 3.8) is 0 Å². The lowest BCUT2D eigenvalue weighted by Crippen LogP contribution is -2.49. The maximum Gasteiger partial charge on any atom is 0.314 e. The van der Waals surface area contributed by atoms with E-state index in [2.05, 4.69) is 20.1 Å². The van der Waals surface area contributed by atoms with Crippen LogP contribution in [0.15, 0.2) is 11.2 Å². The Bertz CT molecular complexity index is 630. The van der Waals surface area contributed by atoms with Gasteiger partial charge in [0.25, 0.3) is 10.0 Å². The van der Waals surface area contributed by atoms with E-state index in [1.807, 2.05) is 0 Å². The number of hydrogen-bond acceptors (Lipinski definition) is 7. The number of nitrogens with one attached hydrogen (secondary N) is 2. The molecule has 2 N–H and O–H groups in total. The fourth-order valence-electron chi connectivity index (χ4n) is 2.23. The number of rotatable bonds is 5. The van der Waals surface area contributed by atoms with Gasteiger partial charge < -0.3 is 9.47 Å². The van der Waals surface area contributed by atoms with Crippen molar-refractivity contribution in [1.82, 2.24) is 20.1 Å². The number of aromatic amines is 1. The van der Waals surface area contributed by atoms with Crippen LogP contribution in [-0.4, -0.2) is 55.2 Å². The third-order valence-corrected chi connectivity index (χ3v) is 4.82. The summed E-state index contributed by atoms with van der Waals surface area (Å²) in [5, 5.41) is 9.06. The first-order chi connectivity index (χ1) is 10.6. The van der Waals surface area contributed by atoms with E-state index in [4.69, 9.17) is 9.47 Å². The van der Waals surface area contributed by atoms with E-state index < -0.39 is 27.0 Å². The number of nitrogens with zero attached hydrogens (tertiary/aromatic N) is 2. The third-order valence-electron chi connectivity index (χ3n) is 3.55. The van der Waals surface area contributed by atoms with Crippen LogP contribution in [0.25, 0.3) is 0 Å². The average molecular weight is 346 g/mol. The second kappa shape index (κ2) is 6.54. The van der Waals surface area contributed by atoms with Gasteiger partial charge >= 0.3 is 5.97 Å². The van der Waals surface area contributed by atoms with Crippen molar-refractivity contribution in [1.29, 1.82) is 0 Å². The minimum Gasteiger partial charge on any atom is -0.460 e. The molecular formula is C13H22N4O5S. The number of carbonyl (C=O) groups excluding carboxylic acids is 1. The lowest BCUT2D eigenvalue weighted by Gasteiger charge is -2.37. The highest BCUT2D eigenvalue weighted by atomic mass is 32.2. The Balaban J connectivity index is 2.14. The highest BCUT2D eigenvalue weighted by molar-refractivity contribution is 7.89. The van der Waals surface area contributed by atoms with E-state index in [1.54, 1.807) is 20.8 Å². The number of H-pyrrole nitrogens is 1. The topological polar surface area (TPSA) is 123 Å². The van der Waals surface area contributed by atoms with Crippen LogP contribution in [0.4, 0.5) is 0 Å². The fraction of sp³-hybridized carbons (Fsp3) is 0.769. The molecule has 1 aromatic rings. The van der Waals surface area contributed by atoms with E-state index in [-0.39, 0.29) is 11.6 Å². The molecule has 0 atom stereocenters. The summed E-state index contributed by atoms with van der Waals surface area (Å²) in [6, 6.07) is 0. The largest absolute Gasteiger partial charge is 0.460 e. The molecule has 0 aromatic carbocycles. The maximum atomic E-state index is 12.6. The van der Waals surface area contributed by atoms with Crippen molar-refractivity contribution in [2.24, 2.45) is 5.41 Å². The Kier molecular flexibility index (Phi) is 5.07. The van der Waals surface area contributed by atoms with Gasteiger partial charge in [-0.15, -0.1) is 5.10 Å². The van der Waals surface area contributed by atoms with Gasteiger partial charge in [-0.3, -0.25) is 4.79 Å². The molecule has 1 aliphatic rings. The van der Waals surface area contributed by atoms with Gasteiger partial charge in [-0.25, -0.2) is 13.1 Å². The summed E-state index contributed by atoms with van der Waals surface area (Å²) in [4.78, 5) is 12.6. The SMILES string of the molecule is CC(C)(C)OC(=O)C1(CNS(=O)(=O)c2cn[nH]n2)CCOCC1. The van der Waals surface area contributed by atoms with Crippen molar-refractivity contribution in [3.8, 4) is 0 Å². The standard InChI is InChI=1S/C13H22N4O5S/c1-12(2,3)22-11(18)13(4-6-21-7-5-13)9-15-23(19,20)10-8-14-17-16-10/h8,15H,4-7,9H2,1-3H3,(H,14,16,17). The molecular weight excluding hydrogens is 324 g/mol. The van der Waals surface area contributed by atoms with Crippen LogP contribution < -0.4 is 4.72 Å². The fourth-order valence-corrected chi connectivity index (χ4v) is 3.20. The van der Waals surface area contributed by atoms with Crippen LogP contribution in [-0.2, 0) is 24.3 Å². The number of carbonyl (C=O) groups is 1. The Morgan fingerprint density at radius 2 is 2.09 bits per heavy atom. The zero-order chi connectivity index (χ0) is 17.1. The average Bonchev–Trinajstić information content (AvgIpc) is 2.99. The van der Waals surface area contributed by atoms with Crippen molar-refractivity contribution < 1.29 is 22.7 Å². The van der Waals surface area contributed by atoms with Gasteiger partial charge in [-0.05, 0) is 33.6 Å². The molecule has 0 spiro atoms. The monoisotopic (exact) mass is 346 g/mol. The molecule has 130 valence electrons. The van der Waals surface area contributed by atoms with Gasteiger partial charge in [0.15, 0.2) is 0 Å². The van der Waals surface area contributed by atoms with Crippen LogP contribution in [0.1, 0.15) is 33.6 Å². The summed E-state index contributed by atoms with van der Waals surface area (Å²) < 4.78 is 37.5. The Morgan fingerprint density at radius 1 is 1.43 bits per heavy atom. The number of hydrogen-bond donors (Lipinski definition) is 2. The molecule has 0 amide bonds. The summed E-state index contributed by atoms with van der Waals surface area (Å²) in [6.45, 7) is 6.02. The van der Waals surface area contributed by atoms with Gasteiger partial charge in [0.05, 0.1) is 11.6 Å². The molecule has 10 heteroatoms.